The fourth-order valence-corrected chi connectivity index (χ4v) is 5.01. The average Bonchev–Trinajstić information content (AvgIpc) is 2.89. The van der Waals surface area contributed by atoms with Gasteiger partial charge in [0, 0.05) is 59.8 Å². The van der Waals surface area contributed by atoms with Crippen molar-refractivity contribution in [3.8, 4) is 0 Å². The summed E-state index contributed by atoms with van der Waals surface area (Å²) < 4.78 is 15.2. The highest BCUT2D eigenvalue weighted by molar-refractivity contribution is 8.00. The van der Waals surface area contributed by atoms with Gasteiger partial charge in [-0.3, -0.25) is 14.6 Å². The number of anilines is 2. The monoisotopic (exact) mass is 539 g/mol. The third-order valence-corrected chi connectivity index (χ3v) is 6.92. The Morgan fingerprint density at radius 2 is 1.70 bits per heavy atom. The van der Waals surface area contributed by atoms with Crippen molar-refractivity contribution in [3.05, 3.63) is 89.2 Å². The molecule has 3 aromatic rings. The zero-order valence-corrected chi connectivity index (χ0v) is 22.2. The summed E-state index contributed by atoms with van der Waals surface area (Å²) in [5.74, 6) is 3.14. The molecule has 0 aliphatic carbocycles. The Balaban J connectivity index is 1.48. The molecule has 1 unspecified atom stereocenters. The summed E-state index contributed by atoms with van der Waals surface area (Å²) in [6.07, 6.45) is 3.43. The van der Waals surface area contributed by atoms with Crippen LogP contribution in [-0.4, -0.2) is 70.3 Å². The molecule has 2 heterocycles. The van der Waals surface area contributed by atoms with Gasteiger partial charge >= 0.3 is 0 Å². The van der Waals surface area contributed by atoms with E-state index in [1.54, 1.807) is 47.7 Å². The van der Waals surface area contributed by atoms with Gasteiger partial charge in [-0.25, -0.2) is 4.21 Å². The largest absolute Gasteiger partial charge is 0.366 e. The third kappa shape index (κ3) is 7.24. The molecule has 1 aliphatic rings. The number of carbonyl (C=O) groups is 2. The molecule has 2 amide bonds. The molecule has 1 saturated heterocycles. The first-order chi connectivity index (χ1) is 17.7. The molecule has 10 heteroatoms. The van der Waals surface area contributed by atoms with Crippen molar-refractivity contribution in [1.29, 1.82) is 0 Å². The zero-order valence-electron chi connectivity index (χ0n) is 20.6. The van der Waals surface area contributed by atoms with E-state index in [9.17, 15) is 13.8 Å². The lowest BCUT2D eigenvalue weighted by atomic mass is 10.0. The SMILES string of the molecule is C=S(C)(=O)Nc1ccccc1N1CCN(C(=O)[C@@H](Cc2ccc(Cl)cc2)NC(=O)c2ccccn2)CC1. The summed E-state index contributed by atoms with van der Waals surface area (Å²) in [5, 5.41) is 3.49. The summed E-state index contributed by atoms with van der Waals surface area (Å²) in [6, 6.07) is 19.2. The topological polar surface area (TPSA) is 94.6 Å². The molecular formula is C27H30ClN5O3S. The number of para-hydroxylation sites is 2. The number of piperazine rings is 1. The first-order valence-electron chi connectivity index (χ1n) is 11.9. The van der Waals surface area contributed by atoms with Gasteiger partial charge in [-0.05, 0) is 47.8 Å². The number of benzene rings is 2. The first kappa shape index (κ1) is 26.5. The van der Waals surface area contributed by atoms with Gasteiger partial charge in [-0.15, -0.1) is 0 Å². The lowest BCUT2D eigenvalue weighted by Crippen LogP contribution is -2.55. The minimum atomic E-state index is -2.44. The van der Waals surface area contributed by atoms with Crippen LogP contribution in [0.3, 0.4) is 0 Å². The van der Waals surface area contributed by atoms with Crippen molar-refractivity contribution in [2.75, 3.05) is 42.1 Å². The van der Waals surface area contributed by atoms with Gasteiger partial charge in [-0.1, -0.05) is 41.9 Å². The van der Waals surface area contributed by atoms with Gasteiger partial charge in [0.05, 0.1) is 11.4 Å². The highest BCUT2D eigenvalue weighted by atomic mass is 35.5. The van der Waals surface area contributed by atoms with Crippen LogP contribution in [0.1, 0.15) is 16.1 Å². The molecule has 2 atom stereocenters. The van der Waals surface area contributed by atoms with E-state index in [4.69, 9.17) is 11.6 Å². The smallest absolute Gasteiger partial charge is 0.270 e. The van der Waals surface area contributed by atoms with E-state index in [-0.39, 0.29) is 11.6 Å². The third-order valence-electron chi connectivity index (χ3n) is 6.02. The Morgan fingerprint density at radius 1 is 1.03 bits per heavy atom. The minimum Gasteiger partial charge on any atom is -0.366 e. The molecule has 194 valence electrons. The van der Waals surface area contributed by atoms with Crippen LogP contribution < -0.4 is 14.9 Å². The Labute approximate surface area is 222 Å². The summed E-state index contributed by atoms with van der Waals surface area (Å²) in [6.45, 7) is 2.15. The van der Waals surface area contributed by atoms with Gasteiger partial charge < -0.3 is 19.8 Å². The van der Waals surface area contributed by atoms with E-state index >= 15 is 0 Å². The number of carbonyl (C=O) groups excluding carboxylic acids is 2. The second-order valence-electron chi connectivity index (χ2n) is 9.01. The van der Waals surface area contributed by atoms with Crippen LogP contribution in [0, 0.1) is 0 Å². The number of aromatic nitrogens is 1. The molecule has 37 heavy (non-hydrogen) atoms. The fraction of sp³-hybridized carbons (Fsp3) is 0.259. The van der Waals surface area contributed by atoms with Crippen LogP contribution in [-0.2, 0) is 20.9 Å². The molecule has 0 saturated carbocycles. The number of nitrogens with zero attached hydrogens (tertiary/aromatic N) is 3. The Hall–Kier alpha value is -3.56. The number of halogens is 1. The van der Waals surface area contributed by atoms with Crippen LogP contribution in [0.5, 0.6) is 0 Å². The fourth-order valence-electron chi connectivity index (χ4n) is 4.24. The maximum Gasteiger partial charge on any atom is 0.270 e. The van der Waals surface area contributed by atoms with Gasteiger partial charge in [-0.2, -0.15) is 0 Å². The molecule has 0 radical (unpaired) electrons. The zero-order chi connectivity index (χ0) is 26.4. The van der Waals surface area contributed by atoms with Crippen molar-refractivity contribution < 1.29 is 13.8 Å². The van der Waals surface area contributed by atoms with Gasteiger partial charge in [0.15, 0.2) is 0 Å². The van der Waals surface area contributed by atoms with E-state index < -0.39 is 21.7 Å². The second-order valence-corrected chi connectivity index (χ2v) is 11.7. The van der Waals surface area contributed by atoms with Crippen LogP contribution in [0.15, 0.2) is 72.9 Å². The van der Waals surface area contributed by atoms with Gasteiger partial charge in [0.1, 0.15) is 11.7 Å². The first-order valence-corrected chi connectivity index (χ1v) is 14.4. The van der Waals surface area contributed by atoms with E-state index in [2.05, 4.69) is 25.8 Å². The molecule has 1 aromatic heterocycles. The Kier molecular flexibility index (Phi) is 8.35. The van der Waals surface area contributed by atoms with Gasteiger partial charge in [0.2, 0.25) is 5.91 Å². The number of hydrogen-bond donors (Lipinski definition) is 2. The molecule has 2 aromatic carbocycles. The highest BCUT2D eigenvalue weighted by Crippen LogP contribution is 2.27. The summed E-state index contributed by atoms with van der Waals surface area (Å²) in [4.78, 5) is 34.5. The van der Waals surface area contributed by atoms with E-state index in [1.165, 1.54) is 0 Å². The van der Waals surface area contributed by atoms with Crippen molar-refractivity contribution in [1.82, 2.24) is 15.2 Å². The molecule has 2 N–H and O–H groups in total. The van der Waals surface area contributed by atoms with Crippen LogP contribution in [0.4, 0.5) is 11.4 Å². The van der Waals surface area contributed by atoms with Crippen molar-refractivity contribution in [3.63, 3.8) is 0 Å². The number of amides is 2. The van der Waals surface area contributed by atoms with Crippen LogP contribution in [0.25, 0.3) is 0 Å². The lowest BCUT2D eigenvalue weighted by molar-refractivity contribution is -0.133. The molecule has 8 nitrogen and oxygen atoms in total. The predicted molar refractivity (Wildman–Crippen MR) is 151 cm³/mol. The van der Waals surface area contributed by atoms with Crippen LogP contribution in [0.2, 0.25) is 5.02 Å². The maximum atomic E-state index is 13.6. The Morgan fingerprint density at radius 3 is 2.35 bits per heavy atom. The summed E-state index contributed by atoms with van der Waals surface area (Å²) in [5.41, 5.74) is 2.80. The molecule has 4 rings (SSSR count). The van der Waals surface area contributed by atoms with E-state index in [0.29, 0.717) is 37.6 Å². The normalized spacial score (nSPS) is 15.9. The van der Waals surface area contributed by atoms with Crippen molar-refractivity contribution >= 4 is 50.4 Å². The molecule has 0 spiro atoms. The number of rotatable bonds is 8. The van der Waals surface area contributed by atoms with Crippen molar-refractivity contribution in [2.45, 2.75) is 12.5 Å². The van der Waals surface area contributed by atoms with E-state index in [1.807, 2.05) is 36.4 Å². The number of nitrogens with one attached hydrogen (secondary N) is 2. The number of pyridine rings is 1. The number of hydrogen-bond acceptors (Lipinski definition) is 5. The lowest BCUT2D eigenvalue weighted by Gasteiger charge is -2.38. The average molecular weight is 540 g/mol. The molecule has 1 fully saturated rings. The second kappa shape index (κ2) is 11.7. The van der Waals surface area contributed by atoms with Crippen LogP contribution >= 0.6 is 11.6 Å². The van der Waals surface area contributed by atoms with Gasteiger partial charge in [0.25, 0.3) is 5.91 Å². The predicted octanol–water partition coefficient (Wildman–Crippen LogP) is 3.10. The molecule has 1 aliphatic heterocycles. The quantitative estimate of drug-likeness (QED) is 0.429. The summed E-state index contributed by atoms with van der Waals surface area (Å²) in [7, 11) is -2.44. The maximum absolute atomic E-state index is 13.6. The highest BCUT2D eigenvalue weighted by Gasteiger charge is 2.30. The Bertz CT molecular complexity index is 1340. The summed E-state index contributed by atoms with van der Waals surface area (Å²) >= 11 is 6.03. The van der Waals surface area contributed by atoms with E-state index in [0.717, 1.165) is 16.9 Å². The van der Waals surface area contributed by atoms with Crippen molar-refractivity contribution in [2.24, 2.45) is 0 Å². The minimum absolute atomic E-state index is 0.153. The standard InChI is InChI=1S/C27H30ClN5O3S/c1-37(2,36)31-22-7-3-4-9-25(22)32-15-17-33(18-16-32)27(35)24(19-20-10-12-21(28)13-11-20)30-26(34)23-8-5-6-14-29-23/h3-14,24H,1,15-19H2,2H3,(H,30,34)(H,31,36)/t24-,37?/m1/s1. The molecular weight excluding hydrogens is 510 g/mol. The molecule has 0 bridgehead atoms.